The SMILES string of the molecule is COc1ccc(C(O)(c2cccc(C(=O)Nc3ccc(N=Nc4ccc(C)cc4)cc3)c2)c2ccc3c4cccc5cccc(c6cccc2c63)c54)c(OC)c1.COc1ccc([C+](c2cccc(C(=O)Nc3ccc(N=Nc4ccc(C)cc4)cc3)c2)c2ccc3c4cccc5cccc(c6cccc2c63)c54)c(OC)c1. The summed E-state index contributed by atoms with van der Waals surface area (Å²) in [5.74, 6) is 2.78. The first-order valence-corrected chi connectivity index (χ1v) is 36.6. The number of nitrogens with zero attached hydrogens (tertiary/aromatic N) is 4. The van der Waals surface area contributed by atoms with Crippen molar-refractivity contribution in [3.63, 3.8) is 0 Å². The molecular weight excluding hydrogens is 1370 g/mol. The minimum atomic E-state index is -1.77. The van der Waals surface area contributed by atoms with Crippen molar-refractivity contribution in [2.45, 2.75) is 19.4 Å². The number of amides is 2. The van der Waals surface area contributed by atoms with Crippen LogP contribution < -0.4 is 29.6 Å². The number of ether oxygens (including phenoxy) is 4. The molecule has 0 aromatic heterocycles. The van der Waals surface area contributed by atoms with Crippen LogP contribution in [0.3, 0.4) is 0 Å². The van der Waals surface area contributed by atoms with Crippen LogP contribution in [0.15, 0.2) is 336 Å². The second-order valence-electron chi connectivity index (χ2n) is 27.6. The van der Waals surface area contributed by atoms with E-state index in [4.69, 9.17) is 18.9 Å². The van der Waals surface area contributed by atoms with E-state index < -0.39 is 5.60 Å². The molecule has 0 aliphatic heterocycles. The number of nitrogens with one attached hydrogen (secondary N) is 2. The second-order valence-corrected chi connectivity index (χ2v) is 27.6. The van der Waals surface area contributed by atoms with E-state index in [2.05, 4.69) is 158 Å². The van der Waals surface area contributed by atoms with E-state index in [9.17, 15) is 14.7 Å². The Balaban J connectivity index is 0.000000161. The molecule has 0 heterocycles. The van der Waals surface area contributed by atoms with Crippen LogP contribution in [0.1, 0.15) is 65.2 Å². The first-order chi connectivity index (χ1) is 54.3. The van der Waals surface area contributed by atoms with E-state index in [1.807, 2.05) is 153 Å². The van der Waals surface area contributed by atoms with Crippen LogP contribution in [0, 0.1) is 19.8 Å². The van der Waals surface area contributed by atoms with Gasteiger partial charge in [-0.2, -0.15) is 20.5 Å². The molecule has 1 atom stereocenters. The van der Waals surface area contributed by atoms with Crippen LogP contribution in [-0.2, 0) is 5.60 Å². The van der Waals surface area contributed by atoms with E-state index in [0.29, 0.717) is 73.6 Å². The minimum Gasteiger partial charge on any atom is -0.497 e. The average Bonchev–Trinajstić information content (AvgIpc) is 0.697. The minimum absolute atomic E-state index is 0.224. The molecule has 1 unspecified atom stereocenters. The predicted molar refractivity (Wildman–Crippen MR) is 449 cm³/mol. The maximum atomic E-state index is 13.9. The lowest BCUT2D eigenvalue weighted by molar-refractivity contribution is 0.101. The normalized spacial score (nSPS) is 12.2. The van der Waals surface area contributed by atoms with Crippen molar-refractivity contribution in [3.8, 4) is 23.0 Å². The maximum Gasteiger partial charge on any atom is 0.261 e. The predicted octanol–water partition coefficient (Wildman–Crippen LogP) is 24.8. The summed E-state index contributed by atoms with van der Waals surface area (Å²) in [7, 11) is 6.49. The number of carbonyl (C=O) groups is 2. The van der Waals surface area contributed by atoms with Gasteiger partial charge in [0.1, 0.15) is 22.8 Å². The topological polar surface area (TPSA) is 165 Å². The van der Waals surface area contributed by atoms with Crippen LogP contribution in [0.5, 0.6) is 23.0 Å². The lowest BCUT2D eigenvalue weighted by Crippen LogP contribution is -2.30. The number of aliphatic hydroxyl groups is 1. The van der Waals surface area contributed by atoms with Crippen molar-refractivity contribution < 1.29 is 33.6 Å². The van der Waals surface area contributed by atoms with Crippen molar-refractivity contribution in [3.05, 3.63) is 377 Å². The molecule has 18 rings (SSSR count). The molecule has 0 fully saturated rings. The highest BCUT2D eigenvalue weighted by atomic mass is 16.5. The van der Waals surface area contributed by atoms with Crippen LogP contribution in [0.4, 0.5) is 34.1 Å². The summed E-state index contributed by atoms with van der Waals surface area (Å²) in [5.41, 5.74) is 10.0. The molecule has 0 aliphatic carbocycles. The van der Waals surface area contributed by atoms with E-state index in [-0.39, 0.29) is 11.8 Å². The molecule has 3 N–H and O–H groups in total. The molecule has 0 saturated carbocycles. The number of aryl methyl sites for hydroxylation is 2. The van der Waals surface area contributed by atoms with Crippen LogP contribution in [-0.4, -0.2) is 45.4 Å². The molecule has 0 spiro atoms. The van der Waals surface area contributed by atoms with E-state index >= 15 is 0 Å². The number of hydrogen-bond acceptors (Lipinski definition) is 11. The van der Waals surface area contributed by atoms with Gasteiger partial charge in [-0.3, -0.25) is 9.59 Å². The Bertz CT molecular complexity index is 6560. The third kappa shape index (κ3) is 13.1. The number of azo groups is 2. The summed E-state index contributed by atoms with van der Waals surface area (Å²) in [4.78, 5) is 27.7. The number of hydrogen-bond donors (Lipinski definition) is 3. The Morgan fingerprint density at radius 1 is 0.333 bits per heavy atom. The average molecular weight is 1450 g/mol. The number of methoxy groups -OCH3 is 4. The Labute approximate surface area is 641 Å². The first-order valence-electron chi connectivity index (χ1n) is 36.6. The standard InChI is InChI=1S/C49H37N3O4.C49H35N3O3/c1-30-16-18-35(19-17-30)51-52-36-22-20-34(21-23-36)50-48(53)32-10-4-11-33(28-32)49(54,44-26-24-37(55-2)29-45(44)56-3)43-27-25-41-39-13-6-9-31-8-5-12-38(46(31)39)40-14-7-15-42(43)47(40)41;1-30-16-18-35(19-17-30)51-52-36-22-20-34(21-23-36)50-49(53)33-11-4-10-32(28-33)47(44-25-24-37(54-2)29-45(44)55-3)42-26-27-43-39-13-6-9-31-8-5-12-38(46(31)39)40-14-7-15-41(42)48(40)43/h4-29,54H,1-3H3,(H,50,53);4-29H,1-3H3/p+1. The van der Waals surface area contributed by atoms with Gasteiger partial charge >= 0.3 is 0 Å². The molecule has 18 aromatic rings. The molecule has 2 amide bonds. The third-order valence-corrected chi connectivity index (χ3v) is 21.0. The fourth-order valence-corrected chi connectivity index (χ4v) is 15.6. The quantitative estimate of drug-likeness (QED) is 0.0253. The van der Waals surface area contributed by atoms with Gasteiger partial charge < -0.3 is 34.7 Å². The molecule has 13 nitrogen and oxygen atoms in total. The van der Waals surface area contributed by atoms with E-state index in [1.165, 1.54) is 54.0 Å². The summed E-state index contributed by atoms with van der Waals surface area (Å²) in [5, 5.41) is 55.5. The monoisotopic (exact) mass is 1450 g/mol. The van der Waals surface area contributed by atoms with Crippen molar-refractivity contribution in [2.75, 3.05) is 39.1 Å². The molecule has 0 aliphatic rings. The molecule has 536 valence electrons. The second kappa shape index (κ2) is 29.5. The summed E-state index contributed by atoms with van der Waals surface area (Å²) < 4.78 is 23.1. The molecule has 18 aromatic carbocycles. The van der Waals surface area contributed by atoms with Crippen molar-refractivity contribution >= 4 is 132 Å². The Morgan fingerprint density at radius 2 is 0.712 bits per heavy atom. The van der Waals surface area contributed by atoms with Crippen molar-refractivity contribution in [1.29, 1.82) is 0 Å². The van der Waals surface area contributed by atoms with Gasteiger partial charge in [-0.1, -0.05) is 163 Å². The van der Waals surface area contributed by atoms with Crippen LogP contribution in [0.2, 0.25) is 0 Å². The lowest BCUT2D eigenvalue weighted by Gasteiger charge is -2.33. The van der Waals surface area contributed by atoms with Crippen LogP contribution >= 0.6 is 0 Å². The van der Waals surface area contributed by atoms with E-state index in [0.717, 1.165) is 77.3 Å². The van der Waals surface area contributed by atoms with E-state index in [1.54, 1.807) is 77.0 Å². The maximum absolute atomic E-state index is 13.9. The van der Waals surface area contributed by atoms with Gasteiger partial charge in [0.15, 0.2) is 5.75 Å². The number of carbonyl (C=O) groups excluding carboxylic acids is 2. The fourth-order valence-electron chi connectivity index (χ4n) is 15.6. The van der Waals surface area contributed by atoms with Gasteiger partial charge in [-0.25, -0.2) is 0 Å². The highest BCUT2D eigenvalue weighted by Gasteiger charge is 2.40. The zero-order valence-corrected chi connectivity index (χ0v) is 61.7. The van der Waals surface area contributed by atoms with Gasteiger partial charge in [-0.15, -0.1) is 0 Å². The summed E-state index contributed by atoms with van der Waals surface area (Å²) in [6.45, 7) is 4.06. The van der Waals surface area contributed by atoms with Crippen LogP contribution in [0.25, 0.3) is 86.2 Å². The van der Waals surface area contributed by atoms with Crippen molar-refractivity contribution in [2.24, 2.45) is 20.5 Å². The summed E-state index contributed by atoms with van der Waals surface area (Å²) in [6.07, 6.45) is 0. The largest absolute Gasteiger partial charge is 0.497 e. The number of benzene rings is 18. The Kier molecular flexibility index (Phi) is 18.5. The lowest BCUT2D eigenvalue weighted by atomic mass is 9.76. The first kappa shape index (κ1) is 69.8. The smallest absolute Gasteiger partial charge is 0.261 e. The number of fused-ring (bicyclic) bond motifs is 4. The van der Waals surface area contributed by atoms with Gasteiger partial charge in [0.2, 0.25) is 0 Å². The van der Waals surface area contributed by atoms with Gasteiger partial charge in [-0.05, 0) is 229 Å². The zero-order valence-electron chi connectivity index (χ0n) is 61.7. The zero-order chi connectivity index (χ0) is 75.9. The van der Waals surface area contributed by atoms with Gasteiger partial charge in [0, 0.05) is 68.5 Å². The molecule has 0 bridgehead atoms. The molecule has 111 heavy (non-hydrogen) atoms. The Morgan fingerprint density at radius 3 is 1.21 bits per heavy atom. The van der Waals surface area contributed by atoms with Crippen molar-refractivity contribution in [1.82, 2.24) is 0 Å². The molecular formula is C98H73N6O7+. The fraction of sp³-hybridized carbons (Fsp3) is 0.0714. The van der Waals surface area contributed by atoms with Gasteiger partial charge in [0.05, 0.1) is 79.4 Å². The molecule has 0 radical (unpaired) electrons. The molecule has 0 saturated heterocycles. The highest BCUT2D eigenvalue weighted by Crippen LogP contribution is 2.50. The van der Waals surface area contributed by atoms with Gasteiger partial charge in [0.25, 0.3) is 11.8 Å². The third-order valence-electron chi connectivity index (χ3n) is 21.0. The highest BCUT2D eigenvalue weighted by molar-refractivity contribution is 6.35. The molecule has 13 heteroatoms. The number of anilines is 2. The Hall–Kier alpha value is -14.3. The summed E-state index contributed by atoms with van der Waals surface area (Å²) in [6, 6.07) is 104. The number of rotatable bonds is 18. The summed E-state index contributed by atoms with van der Waals surface area (Å²) >= 11 is 0.